The van der Waals surface area contributed by atoms with Gasteiger partial charge in [0.2, 0.25) is 11.8 Å². The van der Waals surface area contributed by atoms with E-state index in [1.54, 1.807) is 0 Å². The normalized spacial score (nSPS) is 18.8. The van der Waals surface area contributed by atoms with Gasteiger partial charge < -0.3 is 16.0 Å². The average Bonchev–Trinajstić information content (AvgIpc) is 2.47. The van der Waals surface area contributed by atoms with Crippen LogP contribution in [0.4, 0.5) is 0 Å². The smallest absolute Gasteiger partial charge is 0.221 e. The van der Waals surface area contributed by atoms with Gasteiger partial charge in [-0.1, -0.05) is 26.2 Å². The summed E-state index contributed by atoms with van der Waals surface area (Å²) in [7, 11) is 1.94. The molecule has 0 aromatic heterocycles. The van der Waals surface area contributed by atoms with Crippen molar-refractivity contribution in [3.8, 4) is 0 Å². The fourth-order valence-electron chi connectivity index (χ4n) is 2.88. The predicted octanol–water partition coefficient (Wildman–Crippen LogP) is 1.72. The molecule has 122 valence electrons. The van der Waals surface area contributed by atoms with Crippen molar-refractivity contribution in [3.63, 3.8) is 0 Å². The molecule has 0 radical (unpaired) electrons. The lowest BCUT2D eigenvalue weighted by molar-refractivity contribution is -0.123. The van der Waals surface area contributed by atoms with Gasteiger partial charge in [0, 0.05) is 31.0 Å². The van der Waals surface area contributed by atoms with E-state index in [9.17, 15) is 9.59 Å². The van der Waals surface area contributed by atoms with Crippen LogP contribution in [-0.2, 0) is 9.59 Å². The summed E-state index contributed by atoms with van der Waals surface area (Å²) in [6, 6.07) is 0.197. The van der Waals surface area contributed by atoms with Crippen molar-refractivity contribution in [1.82, 2.24) is 16.0 Å². The molecule has 1 unspecified atom stereocenters. The van der Waals surface area contributed by atoms with E-state index in [4.69, 9.17) is 0 Å². The van der Waals surface area contributed by atoms with Crippen molar-refractivity contribution >= 4 is 11.8 Å². The zero-order valence-corrected chi connectivity index (χ0v) is 13.8. The molecule has 1 aliphatic carbocycles. The molecule has 21 heavy (non-hydrogen) atoms. The van der Waals surface area contributed by atoms with Gasteiger partial charge in [0.1, 0.15) is 0 Å². The van der Waals surface area contributed by atoms with E-state index in [0.29, 0.717) is 19.4 Å². The molecule has 1 saturated carbocycles. The van der Waals surface area contributed by atoms with Crippen molar-refractivity contribution in [3.05, 3.63) is 0 Å². The minimum atomic E-state index is -0.0404. The minimum Gasteiger partial charge on any atom is -0.356 e. The van der Waals surface area contributed by atoms with E-state index in [1.165, 1.54) is 19.3 Å². The Bertz CT molecular complexity index is 338. The fourth-order valence-corrected chi connectivity index (χ4v) is 2.88. The fraction of sp³-hybridized carbons (Fsp3) is 0.875. The third-order valence-corrected chi connectivity index (χ3v) is 4.53. The van der Waals surface area contributed by atoms with Crippen LogP contribution in [0.3, 0.4) is 0 Å². The van der Waals surface area contributed by atoms with Gasteiger partial charge in [0.05, 0.1) is 0 Å². The van der Waals surface area contributed by atoms with Gasteiger partial charge in [-0.2, -0.15) is 0 Å². The Kier molecular flexibility index (Phi) is 7.72. The second-order valence-corrected chi connectivity index (χ2v) is 6.24. The highest BCUT2D eigenvalue weighted by Crippen LogP contribution is 2.30. The Morgan fingerprint density at radius 3 is 2.38 bits per heavy atom. The zero-order valence-electron chi connectivity index (χ0n) is 13.8. The predicted molar refractivity (Wildman–Crippen MR) is 85.0 cm³/mol. The van der Waals surface area contributed by atoms with Crippen LogP contribution in [0.15, 0.2) is 0 Å². The van der Waals surface area contributed by atoms with Crippen LogP contribution < -0.4 is 16.0 Å². The van der Waals surface area contributed by atoms with E-state index < -0.39 is 0 Å². The molecule has 0 aliphatic heterocycles. The minimum absolute atomic E-state index is 0.00523. The summed E-state index contributed by atoms with van der Waals surface area (Å²) in [5.41, 5.74) is -0.0404. The summed E-state index contributed by atoms with van der Waals surface area (Å²) in [6.07, 6.45) is 7.54. The number of hydrogen-bond acceptors (Lipinski definition) is 3. The van der Waals surface area contributed by atoms with Crippen molar-refractivity contribution in [2.75, 3.05) is 13.6 Å². The molecule has 0 aromatic carbocycles. The highest BCUT2D eigenvalue weighted by molar-refractivity contribution is 5.79. The van der Waals surface area contributed by atoms with Gasteiger partial charge >= 0.3 is 0 Å². The van der Waals surface area contributed by atoms with Crippen LogP contribution in [-0.4, -0.2) is 37.0 Å². The monoisotopic (exact) mass is 297 g/mol. The lowest BCUT2D eigenvalue weighted by Crippen LogP contribution is -2.48. The Hall–Kier alpha value is -1.10. The molecular weight excluding hydrogens is 266 g/mol. The average molecular weight is 297 g/mol. The summed E-state index contributed by atoms with van der Waals surface area (Å²) < 4.78 is 0. The second kappa shape index (κ2) is 9.03. The first-order valence-corrected chi connectivity index (χ1v) is 8.26. The zero-order chi connectivity index (χ0) is 15.7. The molecule has 1 aliphatic rings. The Morgan fingerprint density at radius 1 is 1.14 bits per heavy atom. The highest BCUT2D eigenvalue weighted by Gasteiger charge is 2.32. The topological polar surface area (TPSA) is 70.2 Å². The lowest BCUT2D eigenvalue weighted by Gasteiger charge is -2.36. The Balaban J connectivity index is 2.25. The maximum absolute atomic E-state index is 12.1. The molecule has 3 N–H and O–H groups in total. The molecule has 1 fully saturated rings. The van der Waals surface area contributed by atoms with Gasteiger partial charge in [-0.05, 0) is 33.2 Å². The first kappa shape index (κ1) is 18.0. The number of nitrogens with one attached hydrogen (secondary N) is 3. The van der Waals surface area contributed by atoms with Crippen LogP contribution in [0.1, 0.15) is 65.2 Å². The van der Waals surface area contributed by atoms with Gasteiger partial charge in [-0.15, -0.1) is 0 Å². The molecule has 0 aromatic rings. The van der Waals surface area contributed by atoms with Crippen molar-refractivity contribution in [2.24, 2.45) is 0 Å². The highest BCUT2D eigenvalue weighted by atomic mass is 16.2. The molecule has 0 saturated heterocycles. The number of rotatable bonds is 8. The van der Waals surface area contributed by atoms with Gasteiger partial charge in [0.25, 0.3) is 0 Å². The van der Waals surface area contributed by atoms with Gasteiger partial charge in [-0.25, -0.2) is 0 Å². The van der Waals surface area contributed by atoms with Crippen molar-refractivity contribution in [1.29, 1.82) is 0 Å². The number of carbonyl (C=O) groups is 2. The van der Waals surface area contributed by atoms with Crippen LogP contribution in [0, 0.1) is 0 Å². The Labute approximate surface area is 128 Å². The van der Waals surface area contributed by atoms with E-state index in [0.717, 1.165) is 19.3 Å². The number of amides is 2. The summed E-state index contributed by atoms with van der Waals surface area (Å²) in [6.45, 7) is 4.44. The third kappa shape index (κ3) is 6.46. The van der Waals surface area contributed by atoms with E-state index in [1.807, 2.05) is 20.9 Å². The molecular formula is C16H31N3O2. The van der Waals surface area contributed by atoms with Crippen molar-refractivity contribution < 1.29 is 9.59 Å². The largest absolute Gasteiger partial charge is 0.356 e. The molecule has 2 amide bonds. The maximum Gasteiger partial charge on any atom is 0.221 e. The maximum atomic E-state index is 12.1. The third-order valence-electron chi connectivity index (χ3n) is 4.53. The summed E-state index contributed by atoms with van der Waals surface area (Å²) >= 11 is 0. The lowest BCUT2D eigenvalue weighted by atomic mass is 9.79. The van der Waals surface area contributed by atoms with Crippen LogP contribution in [0.5, 0.6) is 0 Å². The summed E-state index contributed by atoms with van der Waals surface area (Å²) in [5, 5.41) is 9.11. The molecule has 5 nitrogen and oxygen atoms in total. The molecule has 5 heteroatoms. The van der Waals surface area contributed by atoms with Crippen LogP contribution in [0.25, 0.3) is 0 Å². The summed E-state index contributed by atoms with van der Waals surface area (Å²) in [4.78, 5) is 23.7. The molecule has 0 heterocycles. The van der Waals surface area contributed by atoms with Crippen molar-refractivity contribution in [2.45, 2.75) is 76.8 Å². The van der Waals surface area contributed by atoms with E-state index >= 15 is 0 Å². The first-order valence-electron chi connectivity index (χ1n) is 8.26. The van der Waals surface area contributed by atoms with Crippen LogP contribution in [0.2, 0.25) is 0 Å². The van der Waals surface area contributed by atoms with E-state index in [-0.39, 0.29) is 23.4 Å². The standard InChI is InChI=1S/C16H31N3O2/c1-4-13(2)19-14(20)8-11-18-15(21)12-16(17-3)9-6-5-7-10-16/h13,17H,4-12H2,1-3H3,(H,18,21)(H,19,20). The molecule has 1 atom stereocenters. The number of carbonyl (C=O) groups excluding carboxylic acids is 2. The van der Waals surface area contributed by atoms with E-state index in [2.05, 4.69) is 16.0 Å². The molecule has 1 rings (SSSR count). The Morgan fingerprint density at radius 2 is 1.81 bits per heavy atom. The van der Waals surface area contributed by atoms with Gasteiger partial charge in [-0.3, -0.25) is 9.59 Å². The van der Waals surface area contributed by atoms with Gasteiger partial charge in [0.15, 0.2) is 0 Å². The second-order valence-electron chi connectivity index (χ2n) is 6.24. The first-order chi connectivity index (χ1) is 10.0. The quantitative estimate of drug-likeness (QED) is 0.639. The molecule has 0 bridgehead atoms. The molecule has 0 spiro atoms. The summed E-state index contributed by atoms with van der Waals surface area (Å²) in [5.74, 6) is 0.0493. The number of hydrogen-bond donors (Lipinski definition) is 3. The SMILES string of the molecule is CCC(C)NC(=O)CCNC(=O)CC1(NC)CCCCC1. The van der Waals surface area contributed by atoms with Crippen LogP contribution >= 0.6 is 0 Å².